The first kappa shape index (κ1) is 10.5. The van der Waals surface area contributed by atoms with Crippen LogP contribution in [0.15, 0.2) is 24.4 Å². The van der Waals surface area contributed by atoms with E-state index < -0.39 is 0 Å². The number of aromatic nitrogens is 2. The minimum atomic E-state index is -0.363. The van der Waals surface area contributed by atoms with Crippen LogP contribution in [0.3, 0.4) is 0 Å². The normalized spacial score (nSPS) is 10.4. The predicted octanol–water partition coefficient (Wildman–Crippen LogP) is 1.55. The molecule has 0 aliphatic rings. The molecule has 0 aliphatic heterocycles. The quantitative estimate of drug-likeness (QED) is 0.796. The van der Waals surface area contributed by atoms with Gasteiger partial charge in [0, 0.05) is 7.05 Å². The Kier molecular flexibility index (Phi) is 2.76. The Morgan fingerprint density at radius 1 is 1.56 bits per heavy atom. The Morgan fingerprint density at radius 3 is 3.06 bits per heavy atom. The lowest BCUT2D eigenvalue weighted by molar-refractivity contribution is 0.0518. The summed E-state index contributed by atoms with van der Waals surface area (Å²) in [5.41, 5.74) is 1.15. The van der Waals surface area contributed by atoms with E-state index in [1.165, 1.54) is 6.20 Å². The Bertz CT molecular complexity index is 519. The number of nitrogens with one attached hydrogen (secondary N) is 1. The number of nitrogens with zero attached hydrogens (tertiary/aromatic N) is 2. The first-order valence-electron chi connectivity index (χ1n) is 5.09. The van der Waals surface area contributed by atoms with Crippen molar-refractivity contribution in [1.29, 1.82) is 0 Å². The van der Waals surface area contributed by atoms with Gasteiger partial charge in [-0.15, -0.1) is 0 Å². The summed E-state index contributed by atoms with van der Waals surface area (Å²) in [6.45, 7) is 2.13. The zero-order valence-electron chi connectivity index (χ0n) is 9.23. The van der Waals surface area contributed by atoms with Crippen LogP contribution >= 0.6 is 0 Å². The maximum atomic E-state index is 11.7. The van der Waals surface area contributed by atoms with Gasteiger partial charge in [-0.25, -0.2) is 9.78 Å². The van der Waals surface area contributed by atoms with Crippen LogP contribution in [0.5, 0.6) is 0 Å². The first-order valence-corrected chi connectivity index (χ1v) is 5.09. The molecule has 0 bridgehead atoms. The molecule has 2 aromatic rings. The molecule has 0 saturated carbocycles. The summed E-state index contributed by atoms with van der Waals surface area (Å²) in [6, 6.07) is 5.59. The standard InChI is InChI=1S/C11H13N3O2/c1-3-16-11(15)8-7-13-10-6-4-5-9(12-2)14(8)10/h4-7,12H,3H2,1-2H3. The molecule has 5 heteroatoms. The number of hydrogen-bond acceptors (Lipinski definition) is 4. The van der Waals surface area contributed by atoms with Gasteiger partial charge in [-0.3, -0.25) is 4.40 Å². The highest BCUT2D eigenvalue weighted by molar-refractivity contribution is 5.89. The number of pyridine rings is 1. The lowest BCUT2D eigenvalue weighted by Crippen LogP contribution is -2.10. The number of esters is 1. The Morgan fingerprint density at radius 2 is 2.38 bits per heavy atom. The minimum absolute atomic E-state index is 0.355. The summed E-state index contributed by atoms with van der Waals surface area (Å²) in [4.78, 5) is 15.8. The second-order valence-corrected chi connectivity index (χ2v) is 3.22. The summed E-state index contributed by atoms with van der Waals surface area (Å²) in [5.74, 6) is 0.441. The SMILES string of the molecule is CCOC(=O)c1cnc2cccc(NC)n12. The molecular formula is C11H13N3O2. The maximum Gasteiger partial charge on any atom is 0.357 e. The van der Waals surface area contributed by atoms with E-state index in [2.05, 4.69) is 10.3 Å². The molecule has 0 amide bonds. The van der Waals surface area contributed by atoms with Crippen molar-refractivity contribution in [3.63, 3.8) is 0 Å². The van der Waals surface area contributed by atoms with E-state index in [9.17, 15) is 4.79 Å². The highest BCUT2D eigenvalue weighted by Crippen LogP contribution is 2.15. The lowest BCUT2D eigenvalue weighted by Gasteiger charge is -2.07. The Balaban J connectivity index is 2.58. The van der Waals surface area contributed by atoms with Crippen LogP contribution < -0.4 is 5.32 Å². The molecule has 0 unspecified atom stereocenters. The zero-order valence-corrected chi connectivity index (χ0v) is 9.23. The fourth-order valence-corrected chi connectivity index (χ4v) is 1.58. The molecule has 0 spiro atoms. The monoisotopic (exact) mass is 219 g/mol. The number of anilines is 1. The molecule has 0 atom stereocenters. The van der Waals surface area contributed by atoms with Gasteiger partial charge in [0.15, 0.2) is 5.69 Å². The minimum Gasteiger partial charge on any atom is -0.461 e. The summed E-state index contributed by atoms with van der Waals surface area (Å²) >= 11 is 0. The Labute approximate surface area is 93.1 Å². The Hall–Kier alpha value is -2.04. The number of fused-ring (bicyclic) bond motifs is 1. The first-order chi connectivity index (χ1) is 7.77. The molecule has 2 heterocycles. The van der Waals surface area contributed by atoms with Gasteiger partial charge in [-0.1, -0.05) is 6.07 Å². The number of carbonyl (C=O) groups excluding carboxylic acids is 1. The van der Waals surface area contributed by atoms with Gasteiger partial charge < -0.3 is 10.1 Å². The molecule has 0 aromatic carbocycles. The van der Waals surface area contributed by atoms with Gasteiger partial charge in [-0.2, -0.15) is 0 Å². The highest BCUT2D eigenvalue weighted by Gasteiger charge is 2.14. The van der Waals surface area contributed by atoms with E-state index in [-0.39, 0.29) is 5.97 Å². The van der Waals surface area contributed by atoms with Gasteiger partial charge in [0.25, 0.3) is 0 Å². The van der Waals surface area contributed by atoms with Crippen molar-refractivity contribution >= 4 is 17.4 Å². The summed E-state index contributed by atoms with van der Waals surface area (Å²) in [6.07, 6.45) is 1.52. The van der Waals surface area contributed by atoms with E-state index in [0.717, 1.165) is 11.5 Å². The highest BCUT2D eigenvalue weighted by atomic mass is 16.5. The molecule has 0 aliphatic carbocycles. The van der Waals surface area contributed by atoms with Crippen LogP contribution in [-0.4, -0.2) is 29.0 Å². The fraction of sp³-hybridized carbons (Fsp3) is 0.273. The third-order valence-corrected chi connectivity index (χ3v) is 2.27. The van der Waals surface area contributed by atoms with Gasteiger partial charge >= 0.3 is 5.97 Å². The van der Waals surface area contributed by atoms with Gasteiger partial charge in [0.2, 0.25) is 0 Å². The van der Waals surface area contributed by atoms with Crippen LogP contribution in [0.4, 0.5) is 5.82 Å². The van der Waals surface area contributed by atoms with Crippen LogP contribution in [-0.2, 0) is 4.74 Å². The van der Waals surface area contributed by atoms with Crippen molar-refractivity contribution in [1.82, 2.24) is 9.38 Å². The number of imidazole rings is 1. The molecule has 16 heavy (non-hydrogen) atoms. The molecule has 0 fully saturated rings. The summed E-state index contributed by atoms with van der Waals surface area (Å²) < 4.78 is 6.70. The topological polar surface area (TPSA) is 55.6 Å². The molecule has 0 saturated heterocycles. The zero-order chi connectivity index (χ0) is 11.5. The average molecular weight is 219 g/mol. The maximum absolute atomic E-state index is 11.7. The molecule has 0 radical (unpaired) electrons. The van der Waals surface area contributed by atoms with E-state index in [1.807, 2.05) is 18.2 Å². The number of carbonyl (C=O) groups is 1. The van der Waals surface area contributed by atoms with Crippen molar-refractivity contribution in [2.75, 3.05) is 19.0 Å². The predicted molar refractivity (Wildman–Crippen MR) is 60.7 cm³/mol. The molecule has 2 rings (SSSR count). The van der Waals surface area contributed by atoms with E-state index in [4.69, 9.17) is 4.74 Å². The van der Waals surface area contributed by atoms with Gasteiger partial charge in [0.05, 0.1) is 12.8 Å². The van der Waals surface area contributed by atoms with Gasteiger partial charge in [-0.05, 0) is 19.1 Å². The van der Waals surface area contributed by atoms with Crippen molar-refractivity contribution in [3.8, 4) is 0 Å². The average Bonchev–Trinajstić information content (AvgIpc) is 2.72. The molecule has 84 valence electrons. The lowest BCUT2D eigenvalue weighted by atomic mass is 10.4. The third-order valence-electron chi connectivity index (χ3n) is 2.27. The molecule has 5 nitrogen and oxygen atoms in total. The summed E-state index contributed by atoms with van der Waals surface area (Å²) in [5, 5.41) is 3.01. The number of rotatable bonds is 3. The van der Waals surface area contributed by atoms with Gasteiger partial charge in [0.1, 0.15) is 11.5 Å². The van der Waals surface area contributed by atoms with Crippen LogP contribution in [0.2, 0.25) is 0 Å². The van der Waals surface area contributed by atoms with Crippen molar-refractivity contribution in [2.45, 2.75) is 6.92 Å². The van der Waals surface area contributed by atoms with E-state index in [1.54, 1.807) is 18.4 Å². The molecular weight excluding hydrogens is 206 g/mol. The third kappa shape index (κ3) is 1.60. The molecule has 1 N–H and O–H groups in total. The van der Waals surface area contributed by atoms with Crippen LogP contribution in [0, 0.1) is 0 Å². The smallest absolute Gasteiger partial charge is 0.357 e. The second-order valence-electron chi connectivity index (χ2n) is 3.22. The van der Waals surface area contributed by atoms with Crippen LogP contribution in [0.25, 0.3) is 5.65 Å². The van der Waals surface area contributed by atoms with Crippen molar-refractivity contribution in [2.24, 2.45) is 0 Å². The molecule has 2 aromatic heterocycles. The number of hydrogen-bond donors (Lipinski definition) is 1. The summed E-state index contributed by atoms with van der Waals surface area (Å²) in [7, 11) is 1.80. The van der Waals surface area contributed by atoms with E-state index >= 15 is 0 Å². The van der Waals surface area contributed by atoms with Crippen LogP contribution in [0.1, 0.15) is 17.4 Å². The largest absolute Gasteiger partial charge is 0.461 e. The number of ether oxygens (including phenoxy) is 1. The van der Waals surface area contributed by atoms with E-state index in [0.29, 0.717) is 12.3 Å². The fourth-order valence-electron chi connectivity index (χ4n) is 1.58. The van der Waals surface area contributed by atoms with Crippen molar-refractivity contribution < 1.29 is 9.53 Å². The van der Waals surface area contributed by atoms with Crippen molar-refractivity contribution in [3.05, 3.63) is 30.1 Å². The second kappa shape index (κ2) is 4.22.